The molecule has 0 saturated heterocycles. The Kier molecular flexibility index (Phi) is 6.82. The van der Waals surface area contributed by atoms with Gasteiger partial charge >= 0.3 is 0 Å². The minimum Gasteiger partial charge on any atom is -0.491 e. The standard InChI is InChI=1S/C26H28N2O2S/c1-3-19-6-4-7-22(16-19)28-14-5-15-30-25-17-21(10-13-24(25)28)26(29)27-18-20-8-11-23(31-2)12-9-20/h4,6-13,16-17H,3,5,14-15,18H2,1-2H3,(H,27,29). The molecule has 0 radical (unpaired) electrons. The molecule has 31 heavy (non-hydrogen) atoms. The highest BCUT2D eigenvalue weighted by molar-refractivity contribution is 7.98. The number of ether oxygens (including phenoxy) is 1. The zero-order valence-electron chi connectivity index (χ0n) is 18.1. The highest BCUT2D eigenvalue weighted by Gasteiger charge is 2.20. The molecule has 0 fully saturated rings. The molecule has 1 amide bonds. The Morgan fingerprint density at radius 3 is 2.68 bits per heavy atom. The van der Waals surface area contributed by atoms with Crippen LogP contribution in [0, 0.1) is 0 Å². The van der Waals surface area contributed by atoms with Gasteiger partial charge in [-0.05, 0) is 72.7 Å². The third-order valence-corrected chi connectivity index (χ3v) is 6.28. The lowest BCUT2D eigenvalue weighted by atomic mass is 10.1. The number of carbonyl (C=O) groups excluding carboxylic acids is 1. The van der Waals surface area contributed by atoms with Gasteiger partial charge in [0.15, 0.2) is 0 Å². The van der Waals surface area contributed by atoms with Gasteiger partial charge in [-0.25, -0.2) is 0 Å². The SMILES string of the molecule is CCc1cccc(N2CCCOc3cc(C(=O)NCc4ccc(SC)cc4)ccc32)c1. The van der Waals surface area contributed by atoms with Gasteiger partial charge in [0.2, 0.25) is 0 Å². The first-order chi connectivity index (χ1) is 15.2. The Balaban J connectivity index is 1.52. The normalized spacial score (nSPS) is 13.2. The first kappa shape index (κ1) is 21.3. The maximum atomic E-state index is 12.8. The van der Waals surface area contributed by atoms with Crippen LogP contribution in [0.2, 0.25) is 0 Å². The van der Waals surface area contributed by atoms with Crippen LogP contribution in [0.4, 0.5) is 11.4 Å². The van der Waals surface area contributed by atoms with Crippen LogP contribution in [0.15, 0.2) is 71.6 Å². The van der Waals surface area contributed by atoms with E-state index in [1.54, 1.807) is 11.8 Å². The van der Waals surface area contributed by atoms with Crippen molar-refractivity contribution < 1.29 is 9.53 Å². The predicted octanol–water partition coefficient (Wildman–Crippen LogP) is 5.82. The fraction of sp³-hybridized carbons (Fsp3) is 0.269. The quantitative estimate of drug-likeness (QED) is 0.498. The maximum absolute atomic E-state index is 12.8. The average molecular weight is 433 g/mol. The van der Waals surface area contributed by atoms with E-state index in [1.165, 1.54) is 10.5 Å². The second-order valence-corrected chi connectivity index (χ2v) is 8.47. The van der Waals surface area contributed by atoms with Crippen LogP contribution in [0.3, 0.4) is 0 Å². The lowest BCUT2D eigenvalue weighted by Gasteiger charge is -2.24. The number of rotatable bonds is 6. The van der Waals surface area contributed by atoms with Crippen molar-refractivity contribution in [1.29, 1.82) is 0 Å². The summed E-state index contributed by atoms with van der Waals surface area (Å²) in [5.74, 6) is 0.667. The van der Waals surface area contributed by atoms with E-state index < -0.39 is 0 Å². The number of thioether (sulfide) groups is 1. The number of fused-ring (bicyclic) bond motifs is 1. The highest BCUT2D eigenvalue weighted by atomic mass is 32.2. The van der Waals surface area contributed by atoms with Gasteiger partial charge in [0.25, 0.3) is 5.91 Å². The Labute approximate surface area is 188 Å². The molecular weight excluding hydrogens is 404 g/mol. The van der Waals surface area contributed by atoms with Crippen molar-refractivity contribution in [3.63, 3.8) is 0 Å². The van der Waals surface area contributed by atoms with Gasteiger partial charge in [-0.1, -0.05) is 31.2 Å². The van der Waals surface area contributed by atoms with Gasteiger partial charge in [-0.2, -0.15) is 0 Å². The molecule has 1 aliphatic rings. The van der Waals surface area contributed by atoms with E-state index in [0.717, 1.165) is 42.1 Å². The fourth-order valence-corrected chi connectivity index (χ4v) is 4.17. The molecular formula is C26H28N2O2S. The van der Waals surface area contributed by atoms with E-state index in [-0.39, 0.29) is 5.91 Å². The number of hydrogen-bond acceptors (Lipinski definition) is 4. The number of amides is 1. The van der Waals surface area contributed by atoms with E-state index in [9.17, 15) is 4.79 Å². The third kappa shape index (κ3) is 5.05. The van der Waals surface area contributed by atoms with Crippen molar-refractivity contribution >= 4 is 29.0 Å². The lowest BCUT2D eigenvalue weighted by Crippen LogP contribution is -2.23. The molecule has 3 aromatic rings. The van der Waals surface area contributed by atoms with Gasteiger partial charge in [-0.15, -0.1) is 11.8 Å². The van der Waals surface area contributed by atoms with Crippen molar-refractivity contribution in [2.45, 2.75) is 31.2 Å². The summed E-state index contributed by atoms with van der Waals surface area (Å²) in [5, 5.41) is 3.02. The number of nitrogens with one attached hydrogen (secondary N) is 1. The Morgan fingerprint density at radius 2 is 1.90 bits per heavy atom. The smallest absolute Gasteiger partial charge is 0.251 e. The molecule has 0 saturated carbocycles. The summed E-state index contributed by atoms with van der Waals surface area (Å²) in [6, 6.07) is 22.6. The topological polar surface area (TPSA) is 41.6 Å². The second kappa shape index (κ2) is 9.92. The molecule has 1 aliphatic heterocycles. The lowest BCUT2D eigenvalue weighted by molar-refractivity contribution is 0.0950. The highest BCUT2D eigenvalue weighted by Crippen LogP contribution is 2.37. The number of anilines is 2. The summed E-state index contributed by atoms with van der Waals surface area (Å²) in [5.41, 5.74) is 5.18. The van der Waals surface area contributed by atoms with Gasteiger partial charge < -0.3 is 15.0 Å². The molecule has 4 rings (SSSR count). The van der Waals surface area contributed by atoms with Crippen LogP contribution in [0.1, 0.15) is 34.8 Å². The molecule has 0 bridgehead atoms. The van der Waals surface area contributed by atoms with Crippen LogP contribution in [0.25, 0.3) is 0 Å². The molecule has 0 aromatic heterocycles. The van der Waals surface area contributed by atoms with Crippen LogP contribution >= 0.6 is 11.8 Å². The van der Waals surface area contributed by atoms with Gasteiger partial charge in [0.1, 0.15) is 5.75 Å². The maximum Gasteiger partial charge on any atom is 0.251 e. The zero-order chi connectivity index (χ0) is 21.6. The van der Waals surface area contributed by atoms with Crippen molar-refractivity contribution in [2.24, 2.45) is 0 Å². The van der Waals surface area contributed by atoms with E-state index in [2.05, 4.69) is 71.9 Å². The summed E-state index contributed by atoms with van der Waals surface area (Å²) < 4.78 is 6.01. The molecule has 0 atom stereocenters. The molecule has 1 heterocycles. The van der Waals surface area contributed by atoms with Gasteiger partial charge in [-0.3, -0.25) is 4.79 Å². The average Bonchev–Trinajstić information content (AvgIpc) is 3.05. The largest absolute Gasteiger partial charge is 0.491 e. The molecule has 1 N–H and O–H groups in total. The minimum atomic E-state index is -0.0934. The van der Waals surface area contributed by atoms with E-state index in [4.69, 9.17) is 4.74 Å². The van der Waals surface area contributed by atoms with Crippen molar-refractivity contribution in [1.82, 2.24) is 5.32 Å². The Bertz CT molecular complexity index is 1050. The number of nitrogens with zero attached hydrogens (tertiary/aromatic N) is 1. The van der Waals surface area contributed by atoms with Crippen molar-refractivity contribution in [3.8, 4) is 5.75 Å². The van der Waals surface area contributed by atoms with Crippen LogP contribution in [-0.2, 0) is 13.0 Å². The first-order valence-electron chi connectivity index (χ1n) is 10.7. The minimum absolute atomic E-state index is 0.0934. The summed E-state index contributed by atoms with van der Waals surface area (Å²) in [6.07, 6.45) is 3.99. The van der Waals surface area contributed by atoms with Crippen LogP contribution in [-0.4, -0.2) is 25.3 Å². The molecule has 0 unspecified atom stereocenters. The Morgan fingerprint density at radius 1 is 1.06 bits per heavy atom. The number of aryl methyl sites for hydroxylation is 1. The molecule has 5 heteroatoms. The third-order valence-electron chi connectivity index (χ3n) is 5.54. The molecule has 3 aromatic carbocycles. The molecule has 0 aliphatic carbocycles. The number of hydrogen-bond donors (Lipinski definition) is 1. The van der Waals surface area contributed by atoms with E-state index in [1.807, 2.05) is 18.2 Å². The van der Waals surface area contributed by atoms with Crippen molar-refractivity contribution in [3.05, 3.63) is 83.4 Å². The Hall–Kier alpha value is -2.92. The summed E-state index contributed by atoms with van der Waals surface area (Å²) in [6.45, 7) is 4.20. The fourth-order valence-electron chi connectivity index (χ4n) is 3.76. The number of carbonyl (C=O) groups is 1. The molecule has 4 nitrogen and oxygen atoms in total. The zero-order valence-corrected chi connectivity index (χ0v) is 18.9. The monoisotopic (exact) mass is 432 g/mol. The number of benzene rings is 3. The second-order valence-electron chi connectivity index (χ2n) is 7.59. The van der Waals surface area contributed by atoms with E-state index in [0.29, 0.717) is 18.7 Å². The van der Waals surface area contributed by atoms with E-state index >= 15 is 0 Å². The van der Waals surface area contributed by atoms with Gasteiger partial charge in [0, 0.05) is 29.2 Å². The summed E-state index contributed by atoms with van der Waals surface area (Å²) in [7, 11) is 0. The molecule has 160 valence electrons. The first-order valence-corrected chi connectivity index (χ1v) is 11.9. The summed E-state index contributed by atoms with van der Waals surface area (Å²) >= 11 is 1.71. The van der Waals surface area contributed by atoms with Crippen LogP contribution < -0.4 is 15.0 Å². The van der Waals surface area contributed by atoms with Crippen molar-refractivity contribution in [2.75, 3.05) is 24.3 Å². The predicted molar refractivity (Wildman–Crippen MR) is 129 cm³/mol. The van der Waals surface area contributed by atoms with Gasteiger partial charge in [0.05, 0.1) is 12.3 Å². The summed E-state index contributed by atoms with van der Waals surface area (Å²) in [4.78, 5) is 16.3. The van der Waals surface area contributed by atoms with Crippen LogP contribution in [0.5, 0.6) is 5.75 Å². The molecule has 0 spiro atoms.